The molecule has 4 heterocycles. The summed E-state index contributed by atoms with van der Waals surface area (Å²) >= 11 is 0. The predicted molar refractivity (Wildman–Crippen MR) is 357 cm³/mol. The van der Waals surface area contributed by atoms with Gasteiger partial charge in [-0.2, -0.15) is 0 Å². The van der Waals surface area contributed by atoms with Crippen LogP contribution >= 0.6 is 0 Å². The number of fused-ring (bicyclic) bond motifs is 8. The molecule has 12 aromatic rings. The molecule has 86 heavy (non-hydrogen) atoms. The van der Waals surface area contributed by atoms with Gasteiger partial charge in [0.05, 0.1) is 86.0 Å². The van der Waals surface area contributed by atoms with Crippen molar-refractivity contribution in [3.63, 3.8) is 0 Å². The maximum atomic E-state index is 2.67. The van der Waals surface area contributed by atoms with E-state index in [-0.39, 0.29) is 12.1 Å². The molecule has 0 bridgehead atoms. The smallest absolute Gasteiger partial charge is 0.0992 e. The zero-order valence-corrected chi connectivity index (χ0v) is 46.9. The van der Waals surface area contributed by atoms with E-state index in [0.29, 0.717) is 0 Å². The molecule has 8 heteroatoms. The van der Waals surface area contributed by atoms with Crippen molar-refractivity contribution in [1.29, 1.82) is 0 Å². The standard InChI is InChI=1S/C78H56N8/c1-9-29-55(30-10-1)79(56-31-11-2-12-32-56)63-49-73-77-75(51-63)83(61-41-21-7-22-42-61)69-53-70-72(54-71(69)85(77)67-47-27-25-45-65(67)81(73)59-37-17-5-18-38-59)86-68-48-28-26-46-66(68)82(60-39-19-6-20-40-60)74-50-64(52-76(78(74)86)84(70)62-43-23-8-24-44-62)80(57-33-13-3-14-34-57)58-35-15-4-16-36-58/h1-54,75,77H. The van der Waals surface area contributed by atoms with Crippen LogP contribution in [0.5, 0.6) is 0 Å². The molecule has 0 N–H and O–H groups in total. The fraction of sp³-hybridized carbons (Fsp3) is 0.0256. The van der Waals surface area contributed by atoms with Crippen LogP contribution in [-0.4, -0.2) is 12.1 Å². The first-order valence-electron chi connectivity index (χ1n) is 29.5. The maximum Gasteiger partial charge on any atom is 0.0992 e. The van der Waals surface area contributed by atoms with E-state index in [2.05, 4.69) is 367 Å². The molecular weight excluding hydrogens is 1050 g/mol. The van der Waals surface area contributed by atoms with Gasteiger partial charge >= 0.3 is 0 Å². The first-order chi connectivity index (χ1) is 42.7. The van der Waals surface area contributed by atoms with Gasteiger partial charge in [-0.15, -0.1) is 0 Å². The van der Waals surface area contributed by atoms with Crippen molar-refractivity contribution >= 4 is 114 Å². The Labute approximate surface area is 501 Å². The Balaban J connectivity index is 0.984. The molecule has 4 aliphatic heterocycles. The number of hydrogen-bond acceptors (Lipinski definition) is 8. The number of nitrogens with zero attached hydrogens (tertiary/aromatic N) is 8. The number of rotatable bonds is 10. The summed E-state index contributed by atoms with van der Waals surface area (Å²) in [6, 6.07) is 114. The summed E-state index contributed by atoms with van der Waals surface area (Å²) in [6.45, 7) is 0. The normalized spacial score (nSPS) is 15.7. The molecule has 0 aromatic heterocycles. The summed E-state index contributed by atoms with van der Waals surface area (Å²) in [7, 11) is 0. The molecule has 0 amide bonds. The van der Waals surface area contributed by atoms with Crippen molar-refractivity contribution in [2.75, 3.05) is 39.2 Å². The Morgan fingerprint density at radius 1 is 0.244 bits per heavy atom. The van der Waals surface area contributed by atoms with Gasteiger partial charge in [0.15, 0.2) is 0 Å². The quantitative estimate of drug-likeness (QED) is 0.134. The third-order valence-electron chi connectivity index (χ3n) is 17.3. The van der Waals surface area contributed by atoms with E-state index in [1.807, 2.05) is 0 Å². The second-order valence-corrected chi connectivity index (χ2v) is 22.2. The van der Waals surface area contributed by atoms with Gasteiger partial charge in [0.25, 0.3) is 0 Å². The van der Waals surface area contributed by atoms with E-state index in [4.69, 9.17) is 0 Å². The fourth-order valence-electron chi connectivity index (χ4n) is 13.9. The zero-order chi connectivity index (χ0) is 56.7. The number of anilines is 20. The van der Waals surface area contributed by atoms with Gasteiger partial charge in [-0.25, -0.2) is 0 Å². The van der Waals surface area contributed by atoms with Crippen molar-refractivity contribution in [3.05, 3.63) is 339 Å². The Morgan fingerprint density at radius 3 is 1.07 bits per heavy atom. The molecule has 0 radical (unpaired) electrons. The lowest BCUT2D eigenvalue weighted by molar-refractivity contribution is 0.589. The molecule has 408 valence electrons. The van der Waals surface area contributed by atoms with Crippen LogP contribution in [0.15, 0.2) is 339 Å². The minimum Gasteiger partial charge on any atom is -0.330 e. The molecular formula is C78H56N8. The number of para-hydroxylation sites is 12. The van der Waals surface area contributed by atoms with Crippen molar-refractivity contribution < 1.29 is 0 Å². The first-order valence-corrected chi connectivity index (χ1v) is 29.5. The largest absolute Gasteiger partial charge is 0.330 e. The maximum absolute atomic E-state index is 2.67. The Bertz CT molecular complexity index is 4490. The monoisotopic (exact) mass is 1100 g/mol. The molecule has 0 fully saturated rings. The van der Waals surface area contributed by atoms with Gasteiger partial charge in [0.1, 0.15) is 0 Å². The van der Waals surface area contributed by atoms with E-state index in [1.165, 1.54) is 5.70 Å². The lowest BCUT2D eigenvalue weighted by atomic mass is 9.84. The fourth-order valence-corrected chi connectivity index (χ4v) is 13.9. The van der Waals surface area contributed by atoms with Gasteiger partial charge in [-0.05, 0) is 158 Å². The molecule has 8 nitrogen and oxygen atoms in total. The predicted octanol–water partition coefficient (Wildman–Crippen LogP) is 21.0. The lowest BCUT2D eigenvalue weighted by Gasteiger charge is -2.57. The topological polar surface area (TPSA) is 25.9 Å². The molecule has 0 saturated heterocycles. The highest BCUT2D eigenvalue weighted by atomic mass is 15.4. The SMILES string of the molecule is C1=C(N(c2ccccc2)c2ccccc2)C=C2C3C1N(c1ccccc1)c1cc4c(cc1N3c1ccccc1N2c1ccccc1)N1c2ccccc2N(c2ccccc2)c2cc(N(c3ccccc3)c3ccccc3)cc(c21)N4c1ccccc1. The van der Waals surface area contributed by atoms with Gasteiger partial charge < -0.3 is 39.2 Å². The molecule has 17 rings (SSSR count). The van der Waals surface area contributed by atoms with E-state index >= 15 is 0 Å². The lowest BCUT2D eigenvalue weighted by Crippen LogP contribution is -2.59. The molecule has 0 spiro atoms. The molecule has 1 aliphatic carbocycles. The van der Waals surface area contributed by atoms with Gasteiger partial charge in [0, 0.05) is 51.2 Å². The van der Waals surface area contributed by atoms with Crippen molar-refractivity contribution in [1.82, 2.24) is 0 Å². The van der Waals surface area contributed by atoms with E-state index in [1.54, 1.807) is 0 Å². The van der Waals surface area contributed by atoms with Gasteiger partial charge in [-0.3, -0.25) is 0 Å². The molecule has 0 saturated carbocycles. The summed E-state index contributed by atoms with van der Waals surface area (Å²) in [4.78, 5) is 20.2. The van der Waals surface area contributed by atoms with Crippen LogP contribution in [0.3, 0.4) is 0 Å². The highest BCUT2D eigenvalue weighted by Crippen LogP contribution is 2.67. The van der Waals surface area contributed by atoms with Crippen LogP contribution in [0.4, 0.5) is 114 Å². The highest BCUT2D eigenvalue weighted by molar-refractivity contribution is 6.15. The minimum absolute atomic E-state index is 0.198. The van der Waals surface area contributed by atoms with E-state index in [9.17, 15) is 0 Å². The van der Waals surface area contributed by atoms with Crippen LogP contribution in [0.25, 0.3) is 0 Å². The van der Waals surface area contributed by atoms with Crippen LogP contribution in [0.2, 0.25) is 0 Å². The Morgan fingerprint density at radius 2 is 0.593 bits per heavy atom. The minimum atomic E-state index is -0.229. The first kappa shape index (κ1) is 49.2. The molecule has 2 unspecified atom stereocenters. The average molecular weight is 1110 g/mol. The second-order valence-electron chi connectivity index (χ2n) is 22.2. The average Bonchev–Trinajstić information content (AvgIpc) is 0.705. The third kappa shape index (κ3) is 7.77. The summed E-state index contributed by atoms with van der Waals surface area (Å²) in [5.74, 6) is 0. The van der Waals surface area contributed by atoms with Crippen molar-refractivity contribution in [2.24, 2.45) is 0 Å². The van der Waals surface area contributed by atoms with Crippen LogP contribution < -0.4 is 39.2 Å². The Hall–Kier alpha value is -11.5. The van der Waals surface area contributed by atoms with Crippen LogP contribution in [-0.2, 0) is 0 Å². The number of allylic oxidation sites excluding steroid dienone is 1. The third-order valence-corrected chi connectivity index (χ3v) is 17.3. The summed E-state index contributed by atoms with van der Waals surface area (Å²) in [6.07, 6.45) is 4.98. The number of benzene rings is 12. The van der Waals surface area contributed by atoms with E-state index < -0.39 is 0 Å². The zero-order valence-electron chi connectivity index (χ0n) is 46.9. The summed E-state index contributed by atoms with van der Waals surface area (Å²) in [5, 5.41) is 0. The molecule has 2 atom stereocenters. The highest BCUT2D eigenvalue weighted by Gasteiger charge is 2.51. The van der Waals surface area contributed by atoms with E-state index in [0.717, 1.165) is 119 Å². The number of hydrogen-bond donors (Lipinski definition) is 0. The summed E-state index contributed by atoms with van der Waals surface area (Å²) < 4.78 is 0. The van der Waals surface area contributed by atoms with Gasteiger partial charge in [0.2, 0.25) is 0 Å². The van der Waals surface area contributed by atoms with Crippen molar-refractivity contribution in [3.8, 4) is 0 Å². The van der Waals surface area contributed by atoms with Crippen molar-refractivity contribution in [2.45, 2.75) is 12.1 Å². The summed E-state index contributed by atoms with van der Waals surface area (Å²) in [5.41, 5.74) is 23.9. The van der Waals surface area contributed by atoms with Crippen LogP contribution in [0.1, 0.15) is 0 Å². The van der Waals surface area contributed by atoms with Crippen LogP contribution in [0, 0.1) is 0 Å². The molecule has 12 aromatic carbocycles. The Kier molecular flexibility index (Phi) is 11.5. The molecule has 5 aliphatic rings. The van der Waals surface area contributed by atoms with Gasteiger partial charge in [-0.1, -0.05) is 170 Å². The second kappa shape index (κ2) is 20.2.